The minimum atomic E-state index is -3.41. The van der Waals surface area contributed by atoms with Crippen molar-refractivity contribution in [2.45, 2.75) is 10.6 Å². The molecule has 0 bridgehead atoms. The van der Waals surface area contributed by atoms with Crippen molar-refractivity contribution in [2.24, 2.45) is 0 Å². The van der Waals surface area contributed by atoms with Gasteiger partial charge in [0.25, 0.3) is 0 Å². The van der Waals surface area contributed by atoms with E-state index in [1.54, 1.807) is 29.9 Å². The zero-order valence-electron chi connectivity index (χ0n) is 12.2. The van der Waals surface area contributed by atoms with Crippen LogP contribution in [0.4, 0.5) is 0 Å². The number of thiophene rings is 1. The number of aromatic nitrogens is 2. The fourth-order valence-electron chi connectivity index (χ4n) is 2.04. The minimum absolute atomic E-state index is 0.314. The zero-order chi connectivity index (χ0) is 16.1. The highest BCUT2D eigenvalue weighted by molar-refractivity contribution is 7.91. The van der Waals surface area contributed by atoms with Crippen LogP contribution in [-0.4, -0.2) is 24.9 Å². The Morgan fingerprint density at radius 2 is 1.74 bits per heavy atom. The second-order valence-corrected chi connectivity index (χ2v) is 7.80. The third-order valence-corrected chi connectivity index (χ3v) is 6.06. The molecule has 118 valence electrons. The molecule has 0 fully saturated rings. The van der Waals surface area contributed by atoms with E-state index < -0.39 is 10.0 Å². The van der Waals surface area contributed by atoms with Gasteiger partial charge in [-0.15, -0.1) is 11.3 Å². The van der Waals surface area contributed by atoms with Gasteiger partial charge in [0.2, 0.25) is 10.0 Å². The van der Waals surface area contributed by atoms with E-state index in [1.165, 1.54) is 11.3 Å². The van der Waals surface area contributed by atoms with E-state index >= 15 is 0 Å². The number of sulfonamides is 1. The smallest absolute Gasteiger partial charge is 0.236 e. The van der Waals surface area contributed by atoms with Crippen molar-refractivity contribution in [1.82, 2.24) is 14.7 Å². The van der Waals surface area contributed by atoms with Gasteiger partial charge in [-0.1, -0.05) is 36.4 Å². The Labute approximate surface area is 139 Å². The van der Waals surface area contributed by atoms with Crippen LogP contribution < -0.4 is 4.72 Å². The fourth-order valence-corrected chi connectivity index (χ4v) is 4.11. The third kappa shape index (κ3) is 4.01. The van der Waals surface area contributed by atoms with Crippen LogP contribution in [0.2, 0.25) is 0 Å². The molecule has 5 nitrogen and oxygen atoms in total. The van der Waals surface area contributed by atoms with Crippen LogP contribution in [0.1, 0.15) is 5.56 Å². The normalized spacial score (nSPS) is 11.5. The van der Waals surface area contributed by atoms with Gasteiger partial charge in [0.15, 0.2) is 5.82 Å². The fraction of sp³-hybridized carbons (Fsp3) is 0.125. The first-order valence-electron chi connectivity index (χ1n) is 7.05. The van der Waals surface area contributed by atoms with E-state index in [0.717, 1.165) is 11.1 Å². The Morgan fingerprint density at radius 1 is 1.00 bits per heavy atom. The van der Waals surface area contributed by atoms with Crippen LogP contribution in [0, 0.1) is 0 Å². The lowest BCUT2D eigenvalue weighted by molar-refractivity contribution is 0.583. The molecular weight excluding hydrogens is 330 g/mol. The van der Waals surface area contributed by atoms with Gasteiger partial charge in [-0.05, 0) is 23.4 Å². The van der Waals surface area contributed by atoms with Gasteiger partial charge >= 0.3 is 0 Å². The molecule has 0 saturated carbocycles. The van der Waals surface area contributed by atoms with E-state index in [9.17, 15) is 8.42 Å². The largest absolute Gasteiger partial charge is 0.250 e. The first-order valence-corrected chi connectivity index (χ1v) is 9.41. The molecule has 0 aliphatic carbocycles. The molecule has 0 aliphatic rings. The molecular formula is C16H15N3O2S2. The minimum Gasteiger partial charge on any atom is -0.236 e. The number of hydrogen-bond acceptors (Lipinski definition) is 5. The summed E-state index contributed by atoms with van der Waals surface area (Å²) in [6.45, 7) is 0.314. The van der Waals surface area contributed by atoms with Crippen LogP contribution >= 0.6 is 11.3 Å². The van der Waals surface area contributed by atoms with Crippen molar-refractivity contribution < 1.29 is 8.42 Å². The Hall–Kier alpha value is -2.09. The lowest BCUT2D eigenvalue weighted by Crippen LogP contribution is -2.25. The summed E-state index contributed by atoms with van der Waals surface area (Å²) in [4.78, 5) is 8.66. The lowest BCUT2D eigenvalue weighted by atomic mass is 10.2. The summed E-state index contributed by atoms with van der Waals surface area (Å²) in [5.41, 5.74) is 1.84. The van der Waals surface area contributed by atoms with Crippen molar-refractivity contribution in [3.8, 4) is 11.4 Å². The van der Waals surface area contributed by atoms with Gasteiger partial charge < -0.3 is 0 Å². The Balaban J connectivity index is 1.59. The van der Waals surface area contributed by atoms with Gasteiger partial charge in [-0.25, -0.2) is 23.1 Å². The van der Waals surface area contributed by atoms with Gasteiger partial charge in [-0.3, -0.25) is 0 Å². The predicted molar refractivity (Wildman–Crippen MR) is 90.7 cm³/mol. The molecule has 2 aromatic heterocycles. The van der Waals surface area contributed by atoms with Crippen molar-refractivity contribution >= 4 is 21.4 Å². The van der Waals surface area contributed by atoms with Gasteiger partial charge in [-0.2, -0.15) is 0 Å². The summed E-state index contributed by atoms with van der Waals surface area (Å²) in [7, 11) is -3.41. The van der Waals surface area contributed by atoms with Gasteiger partial charge in [0.1, 0.15) is 4.21 Å². The van der Waals surface area contributed by atoms with Crippen molar-refractivity contribution in [1.29, 1.82) is 0 Å². The summed E-state index contributed by atoms with van der Waals surface area (Å²) < 4.78 is 26.9. The first-order chi connectivity index (χ1) is 11.1. The summed E-state index contributed by atoms with van der Waals surface area (Å²) >= 11 is 1.20. The second-order valence-electron chi connectivity index (χ2n) is 4.86. The molecule has 0 spiro atoms. The highest BCUT2D eigenvalue weighted by Gasteiger charge is 2.14. The molecule has 0 amide bonds. The lowest BCUT2D eigenvalue weighted by Gasteiger charge is -2.05. The molecule has 7 heteroatoms. The summed E-state index contributed by atoms with van der Waals surface area (Å²) in [5.74, 6) is 0.661. The van der Waals surface area contributed by atoms with Crippen molar-refractivity contribution in [3.05, 3.63) is 65.8 Å². The molecule has 3 aromatic rings. The highest BCUT2D eigenvalue weighted by Crippen LogP contribution is 2.15. The van der Waals surface area contributed by atoms with Crippen LogP contribution in [-0.2, 0) is 16.4 Å². The molecule has 0 saturated heterocycles. The predicted octanol–water partition coefficient (Wildman–Crippen LogP) is 2.73. The molecule has 2 heterocycles. The molecule has 0 radical (unpaired) electrons. The van der Waals surface area contributed by atoms with Gasteiger partial charge in [0.05, 0.1) is 0 Å². The number of rotatable bonds is 6. The van der Waals surface area contributed by atoms with Crippen molar-refractivity contribution in [2.75, 3.05) is 6.54 Å². The van der Waals surface area contributed by atoms with Gasteiger partial charge in [0, 0.05) is 24.5 Å². The molecule has 1 N–H and O–H groups in total. The van der Waals surface area contributed by atoms with Crippen LogP contribution in [0.3, 0.4) is 0 Å². The number of nitrogens with zero attached hydrogens (tertiary/aromatic N) is 2. The van der Waals surface area contributed by atoms with E-state index in [0.29, 0.717) is 23.0 Å². The maximum Gasteiger partial charge on any atom is 0.250 e. The molecule has 3 rings (SSSR count). The number of benzene rings is 1. The first kappa shape index (κ1) is 15.8. The van der Waals surface area contributed by atoms with E-state index in [2.05, 4.69) is 14.7 Å². The summed E-state index contributed by atoms with van der Waals surface area (Å²) in [6, 6.07) is 13.0. The molecule has 23 heavy (non-hydrogen) atoms. The van der Waals surface area contributed by atoms with E-state index in [1.807, 2.05) is 30.3 Å². The maximum atomic E-state index is 12.0. The highest BCUT2D eigenvalue weighted by atomic mass is 32.2. The maximum absolute atomic E-state index is 12.0. The van der Waals surface area contributed by atoms with Crippen LogP contribution in [0.15, 0.2) is 64.4 Å². The Kier molecular flexibility index (Phi) is 4.80. The summed E-state index contributed by atoms with van der Waals surface area (Å²) in [5, 5.41) is 1.74. The number of nitrogens with one attached hydrogen (secondary N) is 1. The van der Waals surface area contributed by atoms with Crippen LogP contribution in [0.5, 0.6) is 0 Å². The topological polar surface area (TPSA) is 72.0 Å². The quantitative estimate of drug-likeness (QED) is 0.746. The molecule has 0 atom stereocenters. The third-order valence-electron chi connectivity index (χ3n) is 3.20. The molecule has 0 aliphatic heterocycles. The average Bonchev–Trinajstić information content (AvgIpc) is 3.12. The van der Waals surface area contributed by atoms with E-state index in [-0.39, 0.29) is 0 Å². The average molecular weight is 345 g/mol. The van der Waals surface area contributed by atoms with Crippen molar-refractivity contribution in [3.63, 3.8) is 0 Å². The molecule has 0 unspecified atom stereocenters. The summed E-state index contributed by atoms with van der Waals surface area (Å²) in [6.07, 6.45) is 4.00. The standard InChI is InChI=1S/C16H15N3O2S2/c20-23(21,15-7-4-10-22-15)19-9-8-13-11-17-16(18-12-13)14-5-2-1-3-6-14/h1-7,10-12,19H,8-9H2. The second kappa shape index (κ2) is 6.99. The molecule has 1 aromatic carbocycles. The van der Waals surface area contributed by atoms with E-state index in [4.69, 9.17) is 0 Å². The Bertz CT molecular complexity index is 846. The zero-order valence-corrected chi connectivity index (χ0v) is 13.8. The van der Waals surface area contributed by atoms with Crippen LogP contribution in [0.25, 0.3) is 11.4 Å². The SMILES string of the molecule is O=S(=O)(NCCc1cnc(-c2ccccc2)nc1)c1cccs1. The monoisotopic (exact) mass is 345 g/mol. The Morgan fingerprint density at radius 3 is 2.39 bits per heavy atom. The number of hydrogen-bond donors (Lipinski definition) is 1.